The molecule has 4 aliphatic heterocycles. The molecule has 4 fully saturated rings. The molecule has 30 heteroatoms. The Morgan fingerprint density at radius 3 is 1.20 bits per heavy atom. The lowest BCUT2D eigenvalue weighted by atomic mass is 9.84. The van der Waals surface area contributed by atoms with E-state index in [-0.39, 0.29) is 101 Å². The van der Waals surface area contributed by atoms with Crippen molar-refractivity contribution in [1.29, 1.82) is 0 Å². The Morgan fingerprint density at radius 1 is 0.500 bits per heavy atom. The number of carboxylic acids is 2. The third kappa shape index (κ3) is 15.6. The molecule has 2 aromatic carbocycles. The maximum atomic E-state index is 15.2. The summed E-state index contributed by atoms with van der Waals surface area (Å²) in [6.45, 7) is -2.47. The van der Waals surface area contributed by atoms with Gasteiger partial charge in [-0.2, -0.15) is 0 Å². The lowest BCUT2D eigenvalue weighted by Crippen LogP contribution is -2.63. The van der Waals surface area contributed by atoms with Crippen LogP contribution in [0.5, 0.6) is 0 Å². The minimum Gasteiger partial charge on any atom is -0.480 e. The van der Waals surface area contributed by atoms with E-state index in [1.807, 2.05) is 0 Å². The van der Waals surface area contributed by atoms with Crippen molar-refractivity contribution in [2.24, 2.45) is 44.8 Å². The number of hydrogen-bond acceptors (Lipinski definition) is 16. The molecular weight excluding hydrogens is 1170 g/mol. The largest absolute Gasteiger partial charge is 0.480 e. The number of hydrogen-bond donors (Lipinski definition) is 14. The monoisotopic (exact) mass is 1260 g/mol. The van der Waals surface area contributed by atoms with Gasteiger partial charge in [-0.05, 0) is 98.3 Å². The minimum absolute atomic E-state index is 0.0295. The van der Waals surface area contributed by atoms with Crippen molar-refractivity contribution >= 4 is 71.1 Å². The highest BCUT2D eigenvalue weighted by atomic mass is 16.4. The fraction of sp³-hybridized carbons (Fsp3) is 0.600. The van der Waals surface area contributed by atoms with E-state index in [2.05, 4.69) is 31.3 Å². The van der Waals surface area contributed by atoms with E-state index in [0.29, 0.717) is 47.9 Å². The first-order valence-electron chi connectivity index (χ1n) is 30.8. The molecule has 6 aliphatic rings. The first kappa shape index (κ1) is 67.5. The Morgan fingerprint density at radius 2 is 0.856 bits per heavy atom. The van der Waals surface area contributed by atoms with Crippen LogP contribution in [-0.2, 0) is 73.9 Å². The molecule has 4 heterocycles. The maximum Gasteiger partial charge on any atom is 0.326 e. The number of carboxylic acid groups (broad SMARTS) is 2. The topological polar surface area (TPSA) is 482 Å². The van der Waals surface area contributed by atoms with Crippen LogP contribution in [0.3, 0.4) is 0 Å². The standard InChI is InChI=1S/C60H84N14O16/c61-59(62)65-21-9-17-37(57(87)88)67-49(79)43-25-33-13-5-7-19-41(33)73(43)55(85)45-23-31-11-1-3-15-35(31)27-71(45)53(83)39(29-75)69-51(81)47(77)48(78)52(82)70-40(30-76)54(84)72-28-36-16-4-2-12-32(36)24-46(72)56(86)74-42-20-8-6-14-34(42)26-44(74)50(80)68-38(58(89)90)18-10-22-66-60(63)64/h1-4,11-12,15-16,33-34,37-48,75-78H,5-10,13-14,17-30H2,(H,67,79)(H,68,80)(H,69,81)(H,70,82)(H,87,88)(H,89,90)(H4,61,62,65)(H4,63,64,66)/t33?,34?,37-,38-,39-,40-,41?,42?,43-,44-,45+,46+,47-,48-/m0/s1. The average Bonchev–Trinajstić information content (AvgIpc) is 1.50. The third-order valence-corrected chi connectivity index (χ3v) is 18.5. The molecule has 14 atom stereocenters. The van der Waals surface area contributed by atoms with Crippen LogP contribution in [0.4, 0.5) is 0 Å². The number of nitrogens with one attached hydrogen (secondary N) is 4. The van der Waals surface area contributed by atoms with Crippen LogP contribution in [0.25, 0.3) is 0 Å². The summed E-state index contributed by atoms with van der Waals surface area (Å²) < 4.78 is 0. The first-order valence-corrected chi connectivity index (χ1v) is 30.8. The zero-order valence-electron chi connectivity index (χ0n) is 50.0. The van der Waals surface area contributed by atoms with Gasteiger partial charge in [-0.25, -0.2) is 9.59 Å². The molecule has 2 saturated heterocycles. The summed E-state index contributed by atoms with van der Waals surface area (Å²) >= 11 is 0. The highest BCUT2D eigenvalue weighted by Crippen LogP contribution is 2.43. The molecule has 0 spiro atoms. The molecule has 8 rings (SSSR count). The number of amides is 8. The van der Waals surface area contributed by atoms with Crippen LogP contribution in [0.2, 0.25) is 0 Å². The highest BCUT2D eigenvalue weighted by Gasteiger charge is 2.54. The molecule has 2 aliphatic carbocycles. The maximum absolute atomic E-state index is 15.2. The molecule has 90 heavy (non-hydrogen) atoms. The smallest absolute Gasteiger partial charge is 0.326 e. The molecule has 18 N–H and O–H groups in total. The molecule has 2 saturated carbocycles. The number of likely N-dealkylation sites (tertiary alicyclic amines) is 2. The van der Waals surface area contributed by atoms with Gasteiger partial charge in [-0.15, -0.1) is 0 Å². The summed E-state index contributed by atoms with van der Waals surface area (Å²) in [4.78, 5) is 154. The second kappa shape index (κ2) is 30.4. The summed E-state index contributed by atoms with van der Waals surface area (Å²) in [7, 11) is 0. The number of aliphatic imine (C=N–C) groups is 2. The van der Waals surface area contributed by atoms with E-state index in [9.17, 15) is 69.0 Å². The molecule has 30 nitrogen and oxygen atoms in total. The minimum atomic E-state index is -2.69. The number of nitrogens with zero attached hydrogens (tertiary/aromatic N) is 6. The molecule has 0 radical (unpaired) electrons. The average molecular weight is 1260 g/mol. The number of guanidine groups is 2. The van der Waals surface area contributed by atoms with Crippen molar-refractivity contribution in [2.75, 3.05) is 26.3 Å². The lowest BCUT2D eigenvalue weighted by molar-refractivity contribution is -0.155. The van der Waals surface area contributed by atoms with Gasteiger partial charge in [0.25, 0.3) is 11.8 Å². The van der Waals surface area contributed by atoms with E-state index in [4.69, 9.17) is 22.9 Å². The number of aliphatic carboxylic acids is 2. The second-order valence-corrected chi connectivity index (χ2v) is 24.2. The summed E-state index contributed by atoms with van der Waals surface area (Å²) in [6.07, 6.45) is 0.801. The molecule has 0 bridgehead atoms. The van der Waals surface area contributed by atoms with Gasteiger partial charge in [0.1, 0.15) is 48.3 Å². The summed E-state index contributed by atoms with van der Waals surface area (Å²) in [6, 6.07) is 1.51. The zero-order valence-corrected chi connectivity index (χ0v) is 50.0. The number of benzene rings is 2. The van der Waals surface area contributed by atoms with Crippen molar-refractivity contribution in [3.05, 3.63) is 70.8 Å². The van der Waals surface area contributed by atoms with Crippen molar-refractivity contribution in [1.82, 2.24) is 40.9 Å². The molecule has 8 amide bonds. The van der Waals surface area contributed by atoms with E-state index < -0.39 is 145 Å². The number of aliphatic hydroxyl groups excluding tert-OH is 4. The van der Waals surface area contributed by atoms with Gasteiger partial charge in [0.05, 0.1) is 13.2 Å². The summed E-state index contributed by atoms with van der Waals surface area (Å²) in [5.74, 6) is -11.1. The van der Waals surface area contributed by atoms with Gasteiger partial charge < -0.3 is 94.4 Å². The van der Waals surface area contributed by atoms with Crippen molar-refractivity contribution in [3.63, 3.8) is 0 Å². The van der Waals surface area contributed by atoms with E-state index >= 15 is 9.59 Å². The van der Waals surface area contributed by atoms with Gasteiger partial charge in [-0.3, -0.25) is 48.3 Å². The van der Waals surface area contributed by atoms with Gasteiger partial charge in [0.15, 0.2) is 24.1 Å². The van der Waals surface area contributed by atoms with Crippen molar-refractivity contribution in [2.45, 2.75) is 188 Å². The van der Waals surface area contributed by atoms with E-state index in [1.165, 1.54) is 9.80 Å². The van der Waals surface area contributed by atoms with Crippen molar-refractivity contribution in [3.8, 4) is 0 Å². The van der Waals surface area contributed by atoms with Gasteiger partial charge in [0, 0.05) is 51.1 Å². The summed E-state index contributed by atoms with van der Waals surface area (Å²) in [5, 5.41) is 73.6. The van der Waals surface area contributed by atoms with Gasteiger partial charge in [-0.1, -0.05) is 74.2 Å². The number of nitrogens with two attached hydrogens (primary N) is 4. The third-order valence-electron chi connectivity index (χ3n) is 18.5. The normalized spacial score (nSPS) is 24.5. The molecule has 4 unspecified atom stereocenters. The van der Waals surface area contributed by atoms with Crippen molar-refractivity contribution < 1.29 is 78.6 Å². The van der Waals surface area contributed by atoms with Crippen LogP contribution in [-0.4, -0.2) is 220 Å². The van der Waals surface area contributed by atoms with Gasteiger partial charge in [0.2, 0.25) is 35.4 Å². The van der Waals surface area contributed by atoms with Crippen LogP contribution >= 0.6 is 0 Å². The Hall–Kier alpha value is -8.48. The fourth-order valence-corrected chi connectivity index (χ4v) is 13.9. The Bertz CT molecular complexity index is 2870. The van der Waals surface area contributed by atoms with Crippen LogP contribution in [0, 0.1) is 11.8 Å². The molecular formula is C60H84N14O16. The Balaban J connectivity index is 0.964. The number of aliphatic hydroxyl groups is 4. The van der Waals surface area contributed by atoms with Crippen LogP contribution in [0.1, 0.15) is 112 Å². The number of rotatable bonds is 25. The number of carbonyl (C=O) groups excluding carboxylic acids is 8. The zero-order chi connectivity index (χ0) is 65.1. The number of carbonyl (C=O) groups is 10. The van der Waals surface area contributed by atoms with E-state index in [0.717, 1.165) is 35.5 Å². The fourth-order valence-electron chi connectivity index (χ4n) is 13.9. The van der Waals surface area contributed by atoms with Gasteiger partial charge >= 0.3 is 11.9 Å². The predicted molar refractivity (Wildman–Crippen MR) is 320 cm³/mol. The Labute approximate surface area is 519 Å². The predicted octanol–water partition coefficient (Wildman–Crippen LogP) is -3.87. The SMILES string of the molecule is NC(N)=NCCC[C@H](NC(=O)[C@@H]1CC2CCCCC2N1C(=O)[C@H]1Cc2ccccc2CN1C(=O)[C@H](CO)NC(=O)[C@@H](O)[C@H](O)C(=O)N[C@@H](CO)C(=O)N1Cc2ccccc2C[C@@H]1C(=O)N1C2CCCCC2C[C@H]1C(=O)N[C@@H](CCCN=C(N)N)C(=O)O)C(=O)O. The first-order chi connectivity index (χ1) is 43.0. The quantitative estimate of drug-likeness (QED) is 0.0257. The molecule has 0 aromatic heterocycles. The number of fused-ring (bicyclic) bond motifs is 4. The van der Waals surface area contributed by atoms with Crippen LogP contribution in [0.15, 0.2) is 58.5 Å². The molecule has 2 aromatic rings. The summed E-state index contributed by atoms with van der Waals surface area (Å²) in [5.41, 5.74) is 24.3. The second-order valence-electron chi connectivity index (χ2n) is 24.2. The Kier molecular flexibility index (Phi) is 22.7. The van der Waals surface area contributed by atoms with Crippen LogP contribution < -0.4 is 44.2 Å². The lowest BCUT2D eigenvalue weighted by Gasteiger charge is -2.42. The molecule has 490 valence electrons. The van der Waals surface area contributed by atoms with E-state index in [1.54, 1.807) is 48.5 Å². The highest BCUT2D eigenvalue weighted by molar-refractivity contribution is 6.00.